The molecule has 0 aliphatic heterocycles. The van der Waals surface area contributed by atoms with Crippen molar-refractivity contribution in [2.75, 3.05) is 23.0 Å². The van der Waals surface area contributed by atoms with Gasteiger partial charge in [-0.3, -0.25) is 10.4 Å². The Labute approximate surface area is 165 Å². The largest absolute Gasteiger partial charge is 0.371 e. The number of carbonyl (C=O) groups is 1. The first-order valence-corrected chi connectivity index (χ1v) is 8.86. The summed E-state index contributed by atoms with van der Waals surface area (Å²) in [4.78, 5) is 20.5. The molecule has 0 aliphatic rings. The van der Waals surface area contributed by atoms with Gasteiger partial charge >= 0.3 is 6.03 Å². The van der Waals surface area contributed by atoms with Crippen LogP contribution in [0.15, 0.2) is 48.8 Å². The molecule has 2 heterocycles. The molecule has 9 heteroatoms. The van der Waals surface area contributed by atoms with Crippen LogP contribution in [0, 0.1) is 12.7 Å². The van der Waals surface area contributed by atoms with E-state index in [2.05, 4.69) is 36.1 Å². The highest BCUT2D eigenvalue weighted by Crippen LogP contribution is 2.31. The fourth-order valence-electron chi connectivity index (χ4n) is 3.02. The lowest BCUT2D eigenvalue weighted by Gasteiger charge is -2.09. The van der Waals surface area contributed by atoms with Crippen molar-refractivity contribution < 1.29 is 9.18 Å². The van der Waals surface area contributed by atoms with Crippen LogP contribution in [-0.4, -0.2) is 33.2 Å². The van der Waals surface area contributed by atoms with E-state index < -0.39 is 11.8 Å². The molecule has 4 aromatic rings. The van der Waals surface area contributed by atoms with Gasteiger partial charge < -0.3 is 10.6 Å². The van der Waals surface area contributed by atoms with Crippen molar-refractivity contribution in [3.05, 3.63) is 60.2 Å². The van der Waals surface area contributed by atoms with E-state index in [1.807, 2.05) is 25.1 Å². The van der Waals surface area contributed by atoms with E-state index in [1.54, 1.807) is 31.6 Å². The van der Waals surface area contributed by atoms with Crippen LogP contribution in [0.1, 0.15) is 5.56 Å². The van der Waals surface area contributed by atoms with Gasteiger partial charge in [0.1, 0.15) is 5.82 Å². The van der Waals surface area contributed by atoms with E-state index in [9.17, 15) is 9.18 Å². The Bertz CT molecular complexity index is 1190. The van der Waals surface area contributed by atoms with Crippen molar-refractivity contribution in [2.45, 2.75) is 6.92 Å². The van der Waals surface area contributed by atoms with Gasteiger partial charge in [0, 0.05) is 25.0 Å². The van der Waals surface area contributed by atoms with Crippen molar-refractivity contribution in [3.8, 4) is 11.1 Å². The highest BCUT2D eigenvalue weighted by molar-refractivity contribution is 6.02. The summed E-state index contributed by atoms with van der Waals surface area (Å²) in [7, 11) is 1.80. The summed E-state index contributed by atoms with van der Waals surface area (Å²) in [6.07, 6.45) is 3.22. The second-order valence-electron chi connectivity index (χ2n) is 6.41. The molecule has 0 atom stereocenters. The van der Waals surface area contributed by atoms with Gasteiger partial charge in [0.05, 0.1) is 16.6 Å². The van der Waals surface area contributed by atoms with E-state index in [1.165, 1.54) is 6.07 Å². The van der Waals surface area contributed by atoms with Crippen LogP contribution in [0.2, 0.25) is 0 Å². The molecule has 2 aromatic heterocycles. The Morgan fingerprint density at radius 1 is 1.10 bits per heavy atom. The van der Waals surface area contributed by atoms with E-state index in [0.717, 1.165) is 33.4 Å². The van der Waals surface area contributed by atoms with Crippen molar-refractivity contribution in [1.29, 1.82) is 0 Å². The number of amides is 2. The molecular formula is C20H18FN7O. The summed E-state index contributed by atoms with van der Waals surface area (Å²) >= 11 is 0. The summed E-state index contributed by atoms with van der Waals surface area (Å²) in [6.45, 7) is 1.81. The number of hydrogen-bond donors (Lipinski definition) is 4. The van der Waals surface area contributed by atoms with Gasteiger partial charge in [-0.1, -0.05) is 18.2 Å². The molecule has 29 heavy (non-hydrogen) atoms. The number of nitrogens with zero attached hydrogens (tertiary/aromatic N) is 3. The SMILES string of the molecule is CNc1n[nH]c2cccc(-c3cnc(NC(=O)Nc4cc(C)ccc4F)nc3)c12. The molecular weight excluding hydrogens is 373 g/mol. The predicted octanol–water partition coefficient (Wildman–Crippen LogP) is 4.15. The Hall–Kier alpha value is -4.01. The number of aromatic nitrogens is 4. The van der Waals surface area contributed by atoms with Crippen LogP contribution in [-0.2, 0) is 0 Å². The minimum Gasteiger partial charge on any atom is -0.371 e. The van der Waals surface area contributed by atoms with E-state index >= 15 is 0 Å². The average molecular weight is 391 g/mol. The standard InChI is InChI=1S/C20H18FN7O/c1-11-6-7-14(21)16(8-11)25-20(29)26-19-23-9-12(10-24-19)13-4-3-5-15-17(13)18(22-2)28-27-15/h3-10H,1-2H3,(H2,22,27,28)(H2,23,24,25,26,29). The van der Waals surface area contributed by atoms with Crippen molar-refractivity contribution in [1.82, 2.24) is 20.2 Å². The van der Waals surface area contributed by atoms with E-state index in [4.69, 9.17) is 0 Å². The molecule has 0 unspecified atom stereocenters. The highest BCUT2D eigenvalue weighted by Gasteiger charge is 2.13. The summed E-state index contributed by atoms with van der Waals surface area (Å²) in [5.74, 6) is 0.306. The van der Waals surface area contributed by atoms with Crippen molar-refractivity contribution >= 4 is 34.4 Å². The smallest absolute Gasteiger partial charge is 0.326 e. The average Bonchev–Trinajstić information content (AvgIpc) is 3.15. The Morgan fingerprint density at radius 2 is 1.90 bits per heavy atom. The first kappa shape index (κ1) is 18.4. The number of urea groups is 1. The van der Waals surface area contributed by atoms with Crippen LogP contribution >= 0.6 is 0 Å². The number of carbonyl (C=O) groups excluding carboxylic acids is 1. The minimum absolute atomic E-state index is 0.0883. The van der Waals surface area contributed by atoms with E-state index in [-0.39, 0.29) is 11.6 Å². The number of nitrogens with one attached hydrogen (secondary N) is 4. The third kappa shape index (κ3) is 3.70. The van der Waals surface area contributed by atoms with Gasteiger partial charge in [-0.25, -0.2) is 19.2 Å². The summed E-state index contributed by atoms with van der Waals surface area (Å²) < 4.78 is 13.8. The number of rotatable bonds is 4. The minimum atomic E-state index is -0.628. The molecule has 0 fully saturated rings. The molecule has 0 saturated heterocycles. The van der Waals surface area contributed by atoms with Gasteiger partial charge in [0.25, 0.3) is 0 Å². The van der Waals surface area contributed by atoms with Crippen molar-refractivity contribution in [3.63, 3.8) is 0 Å². The van der Waals surface area contributed by atoms with E-state index in [0.29, 0.717) is 0 Å². The van der Waals surface area contributed by atoms with Gasteiger partial charge in [-0.2, -0.15) is 5.10 Å². The lowest BCUT2D eigenvalue weighted by molar-refractivity contribution is 0.262. The fraction of sp³-hybridized carbons (Fsp3) is 0.100. The molecule has 0 spiro atoms. The Kier molecular flexibility index (Phi) is 4.78. The topological polar surface area (TPSA) is 108 Å². The molecule has 0 saturated carbocycles. The number of aryl methyl sites for hydroxylation is 1. The molecule has 4 N–H and O–H groups in total. The molecule has 4 rings (SSSR count). The zero-order valence-electron chi connectivity index (χ0n) is 15.7. The normalized spacial score (nSPS) is 10.7. The third-order valence-electron chi connectivity index (χ3n) is 4.38. The molecule has 146 valence electrons. The third-order valence-corrected chi connectivity index (χ3v) is 4.38. The Morgan fingerprint density at radius 3 is 2.66 bits per heavy atom. The lowest BCUT2D eigenvalue weighted by atomic mass is 10.0. The Balaban J connectivity index is 1.53. The molecule has 2 amide bonds. The number of fused-ring (bicyclic) bond motifs is 1. The number of H-pyrrole nitrogens is 1. The fourth-order valence-corrected chi connectivity index (χ4v) is 3.02. The second kappa shape index (κ2) is 7.55. The van der Waals surface area contributed by atoms with Crippen LogP contribution in [0.4, 0.5) is 26.6 Å². The maximum atomic E-state index is 13.8. The second-order valence-corrected chi connectivity index (χ2v) is 6.41. The van der Waals surface area contributed by atoms with Crippen LogP contribution in [0.3, 0.4) is 0 Å². The van der Waals surface area contributed by atoms with Gasteiger partial charge in [0.2, 0.25) is 5.95 Å². The monoisotopic (exact) mass is 391 g/mol. The van der Waals surface area contributed by atoms with Gasteiger partial charge in [0.15, 0.2) is 5.82 Å². The first-order chi connectivity index (χ1) is 14.0. The summed E-state index contributed by atoms with van der Waals surface area (Å²) in [6, 6.07) is 9.62. The number of benzene rings is 2. The zero-order chi connectivity index (χ0) is 20.4. The number of hydrogen-bond acceptors (Lipinski definition) is 5. The maximum Gasteiger partial charge on any atom is 0.326 e. The molecule has 0 aliphatic carbocycles. The van der Waals surface area contributed by atoms with Crippen LogP contribution in [0.25, 0.3) is 22.0 Å². The molecule has 0 bridgehead atoms. The zero-order valence-corrected chi connectivity index (χ0v) is 15.7. The summed E-state index contributed by atoms with van der Waals surface area (Å²) in [5, 5.41) is 16.1. The predicted molar refractivity (Wildman–Crippen MR) is 110 cm³/mol. The number of halogens is 1. The van der Waals surface area contributed by atoms with Crippen LogP contribution in [0.5, 0.6) is 0 Å². The number of anilines is 3. The maximum absolute atomic E-state index is 13.8. The van der Waals surface area contributed by atoms with Crippen LogP contribution < -0.4 is 16.0 Å². The van der Waals surface area contributed by atoms with Gasteiger partial charge in [-0.05, 0) is 36.2 Å². The first-order valence-electron chi connectivity index (χ1n) is 8.86. The molecule has 0 radical (unpaired) electrons. The number of aromatic amines is 1. The lowest BCUT2D eigenvalue weighted by Crippen LogP contribution is -2.21. The van der Waals surface area contributed by atoms with Crippen molar-refractivity contribution in [2.24, 2.45) is 0 Å². The quantitative estimate of drug-likeness (QED) is 0.418. The highest BCUT2D eigenvalue weighted by atomic mass is 19.1. The summed E-state index contributed by atoms with van der Waals surface area (Å²) in [5.41, 5.74) is 3.47. The molecule has 8 nitrogen and oxygen atoms in total. The van der Waals surface area contributed by atoms with Gasteiger partial charge in [-0.15, -0.1) is 0 Å². The molecule has 2 aromatic carbocycles.